The van der Waals surface area contributed by atoms with Crippen LogP contribution < -0.4 is 4.74 Å². The SMILES string of the molecule is O=C1S/C(=C\c2cn(Cc3c(Cl)cccc3Cl)c3ccccc23)C(=O)N1CCOc1ccccc1. The van der Waals surface area contributed by atoms with Crippen LogP contribution in [0.1, 0.15) is 11.1 Å². The smallest absolute Gasteiger partial charge is 0.293 e. The molecule has 1 fully saturated rings. The number of hydrogen-bond donors (Lipinski definition) is 0. The molecule has 2 amide bonds. The maximum absolute atomic E-state index is 13.0. The summed E-state index contributed by atoms with van der Waals surface area (Å²) in [5.74, 6) is 0.379. The molecule has 0 unspecified atom stereocenters. The molecule has 5 nitrogen and oxygen atoms in total. The van der Waals surface area contributed by atoms with E-state index in [1.165, 1.54) is 4.90 Å². The molecule has 176 valence electrons. The van der Waals surface area contributed by atoms with E-state index in [1.807, 2.05) is 83.6 Å². The second-order valence-corrected chi connectivity index (χ2v) is 9.73. The number of amides is 2. The van der Waals surface area contributed by atoms with Gasteiger partial charge >= 0.3 is 0 Å². The van der Waals surface area contributed by atoms with Gasteiger partial charge in [-0.15, -0.1) is 0 Å². The number of ether oxygens (including phenoxy) is 1. The van der Waals surface area contributed by atoms with E-state index in [0.717, 1.165) is 33.8 Å². The lowest BCUT2D eigenvalue weighted by atomic mass is 10.1. The van der Waals surface area contributed by atoms with Gasteiger partial charge in [0.25, 0.3) is 11.1 Å². The van der Waals surface area contributed by atoms with Crippen molar-refractivity contribution in [1.29, 1.82) is 0 Å². The van der Waals surface area contributed by atoms with Crippen LogP contribution in [0.25, 0.3) is 17.0 Å². The van der Waals surface area contributed by atoms with Crippen molar-refractivity contribution in [2.24, 2.45) is 0 Å². The van der Waals surface area contributed by atoms with Gasteiger partial charge in [0.1, 0.15) is 12.4 Å². The fraction of sp³-hybridized carbons (Fsp3) is 0.111. The molecule has 0 radical (unpaired) electrons. The molecule has 35 heavy (non-hydrogen) atoms. The lowest BCUT2D eigenvalue weighted by Crippen LogP contribution is -2.32. The van der Waals surface area contributed by atoms with Gasteiger partial charge in [-0.2, -0.15) is 0 Å². The summed E-state index contributed by atoms with van der Waals surface area (Å²) in [7, 11) is 0. The van der Waals surface area contributed by atoms with Crippen molar-refractivity contribution in [2.45, 2.75) is 6.54 Å². The number of rotatable bonds is 7. The number of para-hydroxylation sites is 2. The Morgan fingerprint density at radius 2 is 1.60 bits per heavy atom. The Morgan fingerprint density at radius 1 is 0.886 bits per heavy atom. The molecule has 5 rings (SSSR count). The summed E-state index contributed by atoms with van der Waals surface area (Å²) in [4.78, 5) is 27.2. The topological polar surface area (TPSA) is 51.5 Å². The average Bonchev–Trinajstić information content (AvgIpc) is 3.34. The van der Waals surface area contributed by atoms with Crippen molar-refractivity contribution in [2.75, 3.05) is 13.2 Å². The number of hydrogen-bond acceptors (Lipinski definition) is 4. The van der Waals surface area contributed by atoms with Gasteiger partial charge in [0, 0.05) is 38.3 Å². The highest BCUT2D eigenvalue weighted by atomic mass is 35.5. The van der Waals surface area contributed by atoms with E-state index in [2.05, 4.69) is 0 Å². The quantitative estimate of drug-likeness (QED) is 0.242. The summed E-state index contributed by atoms with van der Waals surface area (Å²) in [6.45, 7) is 0.891. The Morgan fingerprint density at radius 3 is 2.37 bits per heavy atom. The minimum absolute atomic E-state index is 0.184. The summed E-state index contributed by atoms with van der Waals surface area (Å²) in [6.07, 6.45) is 3.73. The van der Waals surface area contributed by atoms with Crippen LogP contribution in [0.2, 0.25) is 10.0 Å². The number of fused-ring (bicyclic) bond motifs is 1. The molecule has 1 aliphatic heterocycles. The van der Waals surface area contributed by atoms with E-state index < -0.39 is 0 Å². The minimum Gasteiger partial charge on any atom is -0.492 e. The molecule has 4 aromatic rings. The zero-order valence-electron chi connectivity index (χ0n) is 18.5. The molecule has 0 bridgehead atoms. The fourth-order valence-electron chi connectivity index (χ4n) is 3.98. The number of thioether (sulfide) groups is 1. The minimum atomic E-state index is -0.317. The molecule has 0 saturated carbocycles. The molecule has 0 spiro atoms. The number of carbonyl (C=O) groups excluding carboxylic acids is 2. The predicted octanol–water partition coefficient (Wildman–Crippen LogP) is 7.11. The number of nitrogens with zero attached hydrogens (tertiary/aromatic N) is 2. The highest BCUT2D eigenvalue weighted by molar-refractivity contribution is 8.18. The normalized spacial score (nSPS) is 14.9. The average molecular weight is 523 g/mol. The van der Waals surface area contributed by atoms with Crippen molar-refractivity contribution in [1.82, 2.24) is 9.47 Å². The van der Waals surface area contributed by atoms with Crippen molar-refractivity contribution in [3.05, 3.63) is 105 Å². The van der Waals surface area contributed by atoms with E-state index in [0.29, 0.717) is 27.2 Å². The van der Waals surface area contributed by atoms with Gasteiger partial charge in [0.2, 0.25) is 0 Å². The molecule has 8 heteroatoms. The number of halogens is 2. The first-order chi connectivity index (χ1) is 17.0. The van der Waals surface area contributed by atoms with Crippen LogP contribution in [0.4, 0.5) is 4.79 Å². The molecule has 0 atom stereocenters. The molecule has 3 aromatic carbocycles. The number of aromatic nitrogens is 1. The lowest BCUT2D eigenvalue weighted by Gasteiger charge is -2.13. The van der Waals surface area contributed by atoms with Crippen LogP contribution in [0.15, 0.2) is 83.9 Å². The maximum Gasteiger partial charge on any atom is 0.293 e. The van der Waals surface area contributed by atoms with Crippen molar-refractivity contribution in [3.8, 4) is 5.75 Å². The second-order valence-electron chi connectivity index (χ2n) is 7.92. The first-order valence-corrected chi connectivity index (χ1v) is 12.5. The molecular weight excluding hydrogens is 503 g/mol. The number of carbonyl (C=O) groups is 2. The van der Waals surface area contributed by atoms with Crippen molar-refractivity contribution in [3.63, 3.8) is 0 Å². The molecule has 1 aliphatic rings. The van der Waals surface area contributed by atoms with E-state index >= 15 is 0 Å². The van der Waals surface area contributed by atoms with E-state index in [1.54, 1.807) is 6.08 Å². The van der Waals surface area contributed by atoms with Gasteiger partial charge in [-0.05, 0) is 48.2 Å². The standard InChI is InChI=1S/C27H20Cl2N2O3S/c28-22-10-6-11-23(29)21(22)17-30-16-18(20-9-4-5-12-24(20)30)15-25-26(32)31(27(33)35-25)13-14-34-19-7-2-1-3-8-19/h1-12,15-16H,13-14,17H2/b25-15-. The Hall–Kier alpha value is -3.19. The molecular formula is C27H20Cl2N2O3S. The monoisotopic (exact) mass is 522 g/mol. The Bertz CT molecular complexity index is 1430. The summed E-state index contributed by atoms with van der Waals surface area (Å²) < 4.78 is 7.70. The molecule has 1 aromatic heterocycles. The molecule has 0 N–H and O–H groups in total. The van der Waals surface area contributed by atoms with Crippen LogP contribution in [0.3, 0.4) is 0 Å². The first kappa shape index (κ1) is 23.5. The van der Waals surface area contributed by atoms with E-state index in [9.17, 15) is 9.59 Å². The van der Waals surface area contributed by atoms with Crippen molar-refractivity contribution >= 4 is 63.1 Å². The van der Waals surface area contributed by atoms with Crippen LogP contribution >= 0.6 is 35.0 Å². The summed E-state index contributed by atoms with van der Waals surface area (Å²) in [5.41, 5.74) is 2.64. The largest absolute Gasteiger partial charge is 0.492 e. The summed E-state index contributed by atoms with van der Waals surface area (Å²) >= 11 is 13.7. The lowest BCUT2D eigenvalue weighted by molar-refractivity contribution is -0.123. The van der Waals surface area contributed by atoms with Crippen LogP contribution in [-0.2, 0) is 11.3 Å². The van der Waals surface area contributed by atoms with Gasteiger partial charge in [0.05, 0.1) is 18.0 Å². The molecule has 0 aliphatic carbocycles. The Kier molecular flexibility index (Phi) is 6.86. The maximum atomic E-state index is 13.0. The third kappa shape index (κ3) is 4.96. The highest BCUT2D eigenvalue weighted by Gasteiger charge is 2.35. The highest BCUT2D eigenvalue weighted by Crippen LogP contribution is 2.35. The van der Waals surface area contributed by atoms with Gasteiger partial charge in [-0.3, -0.25) is 14.5 Å². The zero-order chi connectivity index (χ0) is 24.4. The molecule has 2 heterocycles. The van der Waals surface area contributed by atoms with Crippen LogP contribution in [-0.4, -0.2) is 33.8 Å². The number of benzene rings is 3. The fourth-order valence-corrected chi connectivity index (χ4v) is 5.35. The van der Waals surface area contributed by atoms with Crippen molar-refractivity contribution < 1.29 is 14.3 Å². The second kappa shape index (κ2) is 10.2. The predicted molar refractivity (Wildman–Crippen MR) is 142 cm³/mol. The van der Waals surface area contributed by atoms with Gasteiger partial charge in [-0.25, -0.2) is 0 Å². The Labute approximate surface area is 216 Å². The van der Waals surface area contributed by atoms with Gasteiger partial charge in [-0.1, -0.05) is 65.7 Å². The third-order valence-electron chi connectivity index (χ3n) is 5.70. The zero-order valence-corrected chi connectivity index (χ0v) is 20.8. The van der Waals surface area contributed by atoms with E-state index in [-0.39, 0.29) is 24.3 Å². The number of imide groups is 1. The van der Waals surface area contributed by atoms with Gasteiger partial charge in [0.15, 0.2) is 0 Å². The van der Waals surface area contributed by atoms with E-state index in [4.69, 9.17) is 27.9 Å². The summed E-state index contributed by atoms with van der Waals surface area (Å²) in [5, 5.41) is 1.85. The summed E-state index contributed by atoms with van der Waals surface area (Å²) in [6, 6.07) is 22.6. The van der Waals surface area contributed by atoms with Crippen LogP contribution in [0, 0.1) is 0 Å². The first-order valence-electron chi connectivity index (χ1n) is 11.0. The van der Waals surface area contributed by atoms with Gasteiger partial charge < -0.3 is 9.30 Å². The third-order valence-corrected chi connectivity index (χ3v) is 7.31. The molecule has 1 saturated heterocycles. The van der Waals surface area contributed by atoms with Crippen LogP contribution in [0.5, 0.6) is 5.75 Å². The Balaban J connectivity index is 1.39.